The normalized spacial score (nSPS) is 13.6. The van der Waals surface area contributed by atoms with Crippen LogP contribution >= 0.6 is 0 Å². The second-order valence-electron chi connectivity index (χ2n) is 3.47. The Morgan fingerprint density at radius 1 is 1.50 bits per heavy atom. The first-order valence-electron chi connectivity index (χ1n) is 4.66. The SMILES string of the molecule is CS(=O)(=O)NCC(O)Cn1ccccc1=O. The Labute approximate surface area is 93.6 Å². The van der Waals surface area contributed by atoms with Crippen LogP contribution in [-0.4, -0.2) is 37.0 Å². The van der Waals surface area contributed by atoms with Gasteiger partial charge in [-0.15, -0.1) is 0 Å². The molecule has 1 heterocycles. The maximum atomic E-state index is 11.3. The molecule has 0 saturated heterocycles. The number of aliphatic hydroxyl groups is 1. The van der Waals surface area contributed by atoms with Gasteiger partial charge in [-0.3, -0.25) is 4.79 Å². The summed E-state index contributed by atoms with van der Waals surface area (Å²) in [5.74, 6) is 0. The van der Waals surface area contributed by atoms with Crippen molar-refractivity contribution in [3.05, 3.63) is 34.7 Å². The number of nitrogens with zero attached hydrogens (tertiary/aromatic N) is 1. The molecule has 1 aromatic rings. The molecule has 0 fully saturated rings. The molecule has 7 heteroatoms. The maximum absolute atomic E-state index is 11.3. The van der Waals surface area contributed by atoms with Gasteiger partial charge in [0.1, 0.15) is 0 Å². The number of aromatic nitrogens is 1. The number of hydrogen-bond donors (Lipinski definition) is 2. The van der Waals surface area contributed by atoms with Gasteiger partial charge in [-0.1, -0.05) is 6.07 Å². The molecule has 0 aliphatic carbocycles. The number of aliphatic hydroxyl groups excluding tert-OH is 1. The van der Waals surface area contributed by atoms with E-state index in [-0.39, 0.29) is 18.6 Å². The van der Waals surface area contributed by atoms with Crippen molar-refractivity contribution in [2.45, 2.75) is 12.6 Å². The Kier molecular flexibility index (Phi) is 4.22. The van der Waals surface area contributed by atoms with E-state index in [1.54, 1.807) is 12.1 Å². The highest BCUT2D eigenvalue weighted by Crippen LogP contribution is 1.89. The summed E-state index contributed by atoms with van der Waals surface area (Å²) >= 11 is 0. The molecule has 0 aliphatic rings. The third-order valence-electron chi connectivity index (χ3n) is 1.89. The highest BCUT2D eigenvalue weighted by molar-refractivity contribution is 7.88. The van der Waals surface area contributed by atoms with Gasteiger partial charge in [-0.05, 0) is 6.07 Å². The molecule has 0 radical (unpaired) electrons. The molecule has 0 aliphatic heterocycles. The Morgan fingerprint density at radius 2 is 2.19 bits per heavy atom. The van der Waals surface area contributed by atoms with Crippen LogP contribution in [0.25, 0.3) is 0 Å². The topological polar surface area (TPSA) is 88.4 Å². The van der Waals surface area contributed by atoms with Crippen molar-refractivity contribution in [1.82, 2.24) is 9.29 Å². The average molecular weight is 246 g/mol. The molecule has 0 bridgehead atoms. The van der Waals surface area contributed by atoms with Crippen LogP contribution in [0.15, 0.2) is 29.2 Å². The molecule has 90 valence electrons. The van der Waals surface area contributed by atoms with Crippen molar-refractivity contribution in [2.24, 2.45) is 0 Å². The highest BCUT2D eigenvalue weighted by atomic mass is 32.2. The molecule has 0 saturated carbocycles. The minimum absolute atomic E-state index is 0.0577. The first kappa shape index (κ1) is 12.9. The molecule has 1 rings (SSSR count). The summed E-state index contributed by atoms with van der Waals surface area (Å²) in [6, 6.07) is 4.63. The zero-order chi connectivity index (χ0) is 12.2. The van der Waals surface area contributed by atoms with E-state index in [9.17, 15) is 18.3 Å². The first-order chi connectivity index (χ1) is 7.38. The molecular formula is C9H14N2O4S. The van der Waals surface area contributed by atoms with E-state index in [1.807, 2.05) is 0 Å². The Hall–Kier alpha value is -1.18. The smallest absolute Gasteiger partial charge is 0.250 e. The first-order valence-corrected chi connectivity index (χ1v) is 6.56. The molecule has 0 spiro atoms. The zero-order valence-corrected chi connectivity index (χ0v) is 9.64. The summed E-state index contributed by atoms with van der Waals surface area (Å²) in [4.78, 5) is 11.3. The van der Waals surface area contributed by atoms with Crippen LogP contribution < -0.4 is 10.3 Å². The quantitative estimate of drug-likeness (QED) is 0.680. The van der Waals surface area contributed by atoms with Crippen LogP contribution in [0.3, 0.4) is 0 Å². The van der Waals surface area contributed by atoms with E-state index in [1.165, 1.54) is 16.8 Å². The minimum Gasteiger partial charge on any atom is -0.390 e. The summed E-state index contributed by atoms with van der Waals surface area (Å²) in [5, 5.41) is 9.50. The summed E-state index contributed by atoms with van der Waals surface area (Å²) in [6.45, 7) is -0.0532. The zero-order valence-electron chi connectivity index (χ0n) is 8.83. The molecule has 0 amide bonds. The number of hydrogen-bond acceptors (Lipinski definition) is 4. The van der Waals surface area contributed by atoms with Crippen LogP contribution in [-0.2, 0) is 16.6 Å². The van der Waals surface area contributed by atoms with Crippen molar-refractivity contribution in [3.63, 3.8) is 0 Å². The number of sulfonamides is 1. The molecule has 6 nitrogen and oxygen atoms in total. The molecule has 1 atom stereocenters. The Balaban J connectivity index is 2.56. The lowest BCUT2D eigenvalue weighted by Crippen LogP contribution is -2.35. The fraction of sp³-hybridized carbons (Fsp3) is 0.444. The second-order valence-corrected chi connectivity index (χ2v) is 5.30. The van der Waals surface area contributed by atoms with E-state index < -0.39 is 16.1 Å². The van der Waals surface area contributed by atoms with Crippen LogP contribution in [0.5, 0.6) is 0 Å². The van der Waals surface area contributed by atoms with Gasteiger partial charge in [0.2, 0.25) is 10.0 Å². The van der Waals surface area contributed by atoms with Gasteiger partial charge in [0.15, 0.2) is 0 Å². The summed E-state index contributed by atoms with van der Waals surface area (Å²) in [6.07, 6.45) is 1.61. The fourth-order valence-corrected chi connectivity index (χ4v) is 1.65. The lowest BCUT2D eigenvalue weighted by Gasteiger charge is -2.12. The van der Waals surface area contributed by atoms with Crippen molar-refractivity contribution in [1.29, 1.82) is 0 Å². The van der Waals surface area contributed by atoms with Gasteiger partial charge in [-0.25, -0.2) is 13.1 Å². The van der Waals surface area contributed by atoms with Crippen LogP contribution in [0.1, 0.15) is 0 Å². The summed E-state index contributed by atoms with van der Waals surface area (Å²) in [5.41, 5.74) is -0.235. The van der Waals surface area contributed by atoms with Gasteiger partial charge in [0.05, 0.1) is 18.9 Å². The van der Waals surface area contributed by atoms with Crippen molar-refractivity contribution in [2.75, 3.05) is 12.8 Å². The van der Waals surface area contributed by atoms with Crippen LogP contribution in [0.2, 0.25) is 0 Å². The second kappa shape index (κ2) is 5.24. The molecule has 16 heavy (non-hydrogen) atoms. The van der Waals surface area contributed by atoms with Crippen molar-refractivity contribution >= 4 is 10.0 Å². The lowest BCUT2D eigenvalue weighted by atomic mass is 10.3. The fourth-order valence-electron chi connectivity index (χ4n) is 1.15. The lowest BCUT2D eigenvalue weighted by molar-refractivity contribution is 0.156. The minimum atomic E-state index is -3.32. The number of rotatable bonds is 5. The predicted molar refractivity (Wildman–Crippen MR) is 59.6 cm³/mol. The van der Waals surface area contributed by atoms with Crippen LogP contribution in [0, 0.1) is 0 Å². The van der Waals surface area contributed by atoms with E-state index >= 15 is 0 Å². The Morgan fingerprint density at radius 3 is 2.75 bits per heavy atom. The molecular weight excluding hydrogens is 232 g/mol. The van der Waals surface area contributed by atoms with Gasteiger partial charge in [0.25, 0.3) is 5.56 Å². The maximum Gasteiger partial charge on any atom is 0.250 e. The molecule has 2 N–H and O–H groups in total. The Bertz CT molecular complexity index is 494. The average Bonchev–Trinajstić information content (AvgIpc) is 2.18. The van der Waals surface area contributed by atoms with Crippen LogP contribution in [0.4, 0.5) is 0 Å². The third-order valence-corrected chi connectivity index (χ3v) is 2.58. The summed E-state index contributed by atoms with van der Waals surface area (Å²) < 4.78 is 25.0. The monoisotopic (exact) mass is 246 g/mol. The largest absolute Gasteiger partial charge is 0.390 e. The van der Waals surface area contributed by atoms with Gasteiger partial charge >= 0.3 is 0 Å². The number of nitrogens with one attached hydrogen (secondary N) is 1. The van der Waals surface area contributed by atoms with Gasteiger partial charge in [-0.2, -0.15) is 0 Å². The van der Waals surface area contributed by atoms with E-state index in [0.717, 1.165) is 6.26 Å². The van der Waals surface area contributed by atoms with E-state index in [0.29, 0.717) is 0 Å². The highest BCUT2D eigenvalue weighted by Gasteiger charge is 2.08. The molecule has 1 aromatic heterocycles. The molecule has 0 aromatic carbocycles. The van der Waals surface area contributed by atoms with Gasteiger partial charge in [0, 0.05) is 18.8 Å². The predicted octanol–water partition coefficient (Wildman–Crippen LogP) is -1.24. The van der Waals surface area contributed by atoms with E-state index in [4.69, 9.17) is 0 Å². The van der Waals surface area contributed by atoms with E-state index in [2.05, 4.69) is 4.72 Å². The standard InChI is InChI=1S/C9H14N2O4S/c1-16(14,15)10-6-8(12)7-11-5-3-2-4-9(11)13/h2-5,8,10,12H,6-7H2,1H3. The number of pyridine rings is 1. The van der Waals surface area contributed by atoms with Gasteiger partial charge < -0.3 is 9.67 Å². The van der Waals surface area contributed by atoms with Crippen molar-refractivity contribution in [3.8, 4) is 0 Å². The summed E-state index contributed by atoms with van der Waals surface area (Å²) in [7, 11) is -3.32. The van der Waals surface area contributed by atoms with Crippen molar-refractivity contribution < 1.29 is 13.5 Å². The molecule has 1 unspecified atom stereocenters. The third kappa shape index (κ3) is 4.56.